The standard InChI is InChI=1S/C18H21N5O5S2/c1-11-16(30(25,26)22-14-7-8-14)29-18(19-11)23(2)17(24)20-13-5-3-12(4-6-13)15-21-28-10-9-27-15/h3-6,14,22H,7-10H2,1-2H3,(H,20,24). The van der Waals surface area contributed by atoms with Gasteiger partial charge in [-0.15, -0.1) is 0 Å². The van der Waals surface area contributed by atoms with Crippen LogP contribution in [-0.4, -0.2) is 51.6 Å². The van der Waals surface area contributed by atoms with Gasteiger partial charge in [-0.25, -0.2) is 22.9 Å². The Morgan fingerprint density at radius 2 is 1.97 bits per heavy atom. The molecule has 0 saturated heterocycles. The van der Waals surface area contributed by atoms with E-state index >= 15 is 0 Å². The maximum absolute atomic E-state index is 12.6. The Morgan fingerprint density at radius 1 is 1.23 bits per heavy atom. The number of hydrogen-bond acceptors (Lipinski definition) is 8. The summed E-state index contributed by atoms with van der Waals surface area (Å²) in [5.41, 5.74) is 1.65. The summed E-state index contributed by atoms with van der Waals surface area (Å²) in [6.07, 6.45) is 1.69. The minimum Gasteiger partial charge on any atom is -0.471 e. The molecule has 2 aromatic rings. The lowest BCUT2D eigenvalue weighted by atomic mass is 10.2. The maximum atomic E-state index is 12.6. The third-order valence-electron chi connectivity index (χ3n) is 4.42. The van der Waals surface area contributed by atoms with Crippen molar-refractivity contribution >= 4 is 44.1 Å². The van der Waals surface area contributed by atoms with Crippen LogP contribution in [0.1, 0.15) is 24.1 Å². The van der Waals surface area contributed by atoms with Gasteiger partial charge in [0.15, 0.2) is 15.9 Å². The number of benzene rings is 1. The molecular weight excluding hydrogens is 430 g/mol. The summed E-state index contributed by atoms with van der Waals surface area (Å²) in [6.45, 7) is 2.47. The lowest BCUT2D eigenvalue weighted by molar-refractivity contribution is 0.0655. The van der Waals surface area contributed by atoms with Gasteiger partial charge in [0.1, 0.15) is 6.61 Å². The molecule has 1 aliphatic carbocycles. The predicted octanol–water partition coefficient (Wildman–Crippen LogP) is 2.27. The van der Waals surface area contributed by atoms with E-state index in [0.717, 1.165) is 29.7 Å². The second-order valence-corrected chi connectivity index (χ2v) is 9.80. The van der Waals surface area contributed by atoms with Crippen molar-refractivity contribution in [2.75, 3.05) is 30.5 Å². The van der Waals surface area contributed by atoms with E-state index in [0.29, 0.717) is 35.6 Å². The molecule has 0 spiro atoms. The summed E-state index contributed by atoms with van der Waals surface area (Å²) >= 11 is 0.962. The molecule has 2 heterocycles. The van der Waals surface area contributed by atoms with Gasteiger partial charge in [0.25, 0.3) is 15.9 Å². The first kappa shape index (κ1) is 20.6. The fraction of sp³-hybridized carbons (Fsp3) is 0.389. The van der Waals surface area contributed by atoms with Crippen LogP contribution in [0.3, 0.4) is 0 Å². The van der Waals surface area contributed by atoms with Gasteiger partial charge in [-0.3, -0.25) is 4.90 Å². The van der Waals surface area contributed by atoms with Crippen LogP contribution < -0.4 is 14.9 Å². The number of thiazole rings is 1. The zero-order valence-electron chi connectivity index (χ0n) is 16.4. The van der Waals surface area contributed by atoms with Crippen molar-refractivity contribution in [2.45, 2.75) is 30.0 Å². The number of sulfonamides is 1. The van der Waals surface area contributed by atoms with Crippen molar-refractivity contribution in [2.24, 2.45) is 5.16 Å². The number of amides is 2. The van der Waals surface area contributed by atoms with Crippen molar-refractivity contribution in [3.05, 3.63) is 35.5 Å². The number of urea groups is 1. The summed E-state index contributed by atoms with van der Waals surface area (Å²) in [4.78, 5) is 23.2. The highest BCUT2D eigenvalue weighted by molar-refractivity contribution is 7.91. The Hall–Kier alpha value is -2.70. The van der Waals surface area contributed by atoms with E-state index in [1.807, 2.05) is 0 Å². The highest BCUT2D eigenvalue weighted by Gasteiger charge is 2.31. The van der Waals surface area contributed by atoms with Crippen LogP contribution in [0, 0.1) is 6.92 Å². The molecule has 1 aromatic heterocycles. The van der Waals surface area contributed by atoms with E-state index in [1.54, 1.807) is 31.2 Å². The van der Waals surface area contributed by atoms with Crippen LogP contribution in [0.25, 0.3) is 0 Å². The van der Waals surface area contributed by atoms with Crippen LogP contribution in [0.4, 0.5) is 15.6 Å². The second kappa shape index (κ2) is 8.20. The third kappa shape index (κ3) is 4.55. The van der Waals surface area contributed by atoms with Crippen LogP contribution >= 0.6 is 11.3 Å². The number of ether oxygens (including phenoxy) is 1. The normalized spacial score (nSPS) is 16.3. The predicted molar refractivity (Wildman–Crippen MR) is 112 cm³/mol. The van der Waals surface area contributed by atoms with Gasteiger partial charge in [0.2, 0.25) is 0 Å². The first-order valence-electron chi connectivity index (χ1n) is 9.31. The Morgan fingerprint density at radius 3 is 2.60 bits per heavy atom. The Balaban J connectivity index is 1.43. The van der Waals surface area contributed by atoms with Gasteiger partial charge in [-0.1, -0.05) is 11.3 Å². The molecule has 2 N–H and O–H groups in total. The number of nitrogens with one attached hydrogen (secondary N) is 2. The largest absolute Gasteiger partial charge is 0.471 e. The smallest absolute Gasteiger partial charge is 0.327 e. The van der Waals surface area contributed by atoms with E-state index in [1.165, 1.54) is 11.9 Å². The number of carbonyl (C=O) groups excluding carboxylic acids is 1. The maximum Gasteiger partial charge on any atom is 0.327 e. The Labute approximate surface area is 177 Å². The van der Waals surface area contributed by atoms with Crippen molar-refractivity contribution in [1.29, 1.82) is 0 Å². The molecule has 30 heavy (non-hydrogen) atoms. The van der Waals surface area contributed by atoms with Gasteiger partial charge in [-0.2, -0.15) is 0 Å². The molecule has 0 bridgehead atoms. The zero-order valence-corrected chi connectivity index (χ0v) is 18.0. The highest BCUT2D eigenvalue weighted by Crippen LogP contribution is 2.31. The van der Waals surface area contributed by atoms with Gasteiger partial charge in [0, 0.05) is 24.3 Å². The molecule has 10 nitrogen and oxygen atoms in total. The number of carbonyl (C=O) groups is 1. The number of anilines is 2. The third-order valence-corrected chi connectivity index (χ3v) is 7.79. The van der Waals surface area contributed by atoms with Crippen LogP contribution in [0.15, 0.2) is 33.6 Å². The zero-order chi connectivity index (χ0) is 21.3. The number of rotatable bonds is 6. The number of oxime groups is 1. The summed E-state index contributed by atoms with van der Waals surface area (Å²) in [5.74, 6) is 0.392. The average Bonchev–Trinajstić information content (AvgIpc) is 3.45. The fourth-order valence-electron chi connectivity index (χ4n) is 2.67. The molecule has 160 valence electrons. The van der Waals surface area contributed by atoms with Crippen LogP contribution in [0.2, 0.25) is 0 Å². The van der Waals surface area contributed by atoms with E-state index in [-0.39, 0.29) is 10.3 Å². The summed E-state index contributed by atoms with van der Waals surface area (Å²) in [6, 6.07) is 6.50. The van der Waals surface area contributed by atoms with Gasteiger partial charge in [-0.05, 0) is 49.2 Å². The molecule has 0 atom stereocenters. The summed E-state index contributed by atoms with van der Waals surface area (Å²) in [5, 5.41) is 6.90. The first-order valence-corrected chi connectivity index (χ1v) is 11.6. The van der Waals surface area contributed by atoms with Crippen LogP contribution in [0.5, 0.6) is 0 Å². The molecule has 0 unspecified atom stereocenters. The second-order valence-electron chi connectivity index (χ2n) is 6.91. The molecule has 2 amide bonds. The number of aryl methyl sites for hydroxylation is 1. The van der Waals surface area contributed by atoms with Crippen molar-refractivity contribution in [3.8, 4) is 0 Å². The lowest BCUT2D eigenvalue weighted by Crippen LogP contribution is -2.31. The fourth-order valence-corrected chi connectivity index (χ4v) is 5.45. The van der Waals surface area contributed by atoms with E-state index in [2.05, 4.69) is 20.2 Å². The molecule has 1 fully saturated rings. The number of hydrogen-bond donors (Lipinski definition) is 2. The molecule has 1 aromatic carbocycles. The highest BCUT2D eigenvalue weighted by atomic mass is 32.2. The lowest BCUT2D eigenvalue weighted by Gasteiger charge is -2.16. The van der Waals surface area contributed by atoms with Gasteiger partial charge >= 0.3 is 6.03 Å². The SMILES string of the molecule is Cc1nc(N(C)C(=O)Nc2ccc(C3=NOCCO3)cc2)sc1S(=O)(=O)NC1CC1. The van der Waals surface area contributed by atoms with Gasteiger partial charge < -0.3 is 14.9 Å². The quantitative estimate of drug-likeness (QED) is 0.695. The molecule has 12 heteroatoms. The number of aromatic nitrogens is 1. The average molecular weight is 452 g/mol. The summed E-state index contributed by atoms with van der Waals surface area (Å²) in [7, 11) is -2.09. The molecule has 2 aliphatic rings. The van der Waals surface area contributed by atoms with Gasteiger partial charge in [0.05, 0.1) is 5.69 Å². The van der Waals surface area contributed by atoms with E-state index in [4.69, 9.17) is 9.57 Å². The van der Waals surface area contributed by atoms with Crippen LogP contribution in [-0.2, 0) is 19.6 Å². The molecule has 1 aliphatic heterocycles. The topological polar surface area (TPSA) is 122 Å². The minimum atomic E-state index is -3.63. The summed E-state index contributed by atoms with van der Waals surface area (Å²) < 4.78 is 33.1. The molecule has 0 radical (unpaired) electrons. The molecular formula is C18H21N5O5S2. The van der Waals surface area contributed by atoms with E-state index in [9.17, 15) is 13.2 Å². The Bertz CT molecular complexity index is 1080. The van der Waals surface area contributed by atoms with E-state index < -0.39 is 16.1 Å². The minimum absolute atomic E-state index is 0.000450. The molecule has 1 saturated carbocycles. The van der Waals surface area contributed by atoms with Crippen molar-refractivity contribution in [1.82, 2.24) is 9.71 Å². The Kier molecular flexibility index (Phi) is 5.62. The van der Waals surface area contributed by atoms with Crippen molar-refractivity contribution in [3.63, 3.8) is 0 Å². The molecule has 4 rings (SSSR count). The first-order chi connectivity index (χ1) is 14.3. The number of nitrogens with zero attached hydrogens (tertiary/aromatic N) is 3. The van der Waals surface area contributed by atoms with Crippen molar-refractivity contribution < 1.29 is 22.8 Å². The monoisotopic (exact) mass is 451 g/mol.